The van der Waals surface area contributed by atoms with Crippen LogP contribution in [0.15, 0.2) is 54.6 Å². The molecule has 2 rings (SSSR count). The van der Waals surface area contributed by atoms with Crippen LogP contribution in [0.5, 0.6) is 0 Å². The molecule has 2 aromatic carbocycles. The number of carbonyl (C=O) groups excluding carboxylic acids is 1. The third-order valence-corrected chi connectivity index (χ3v) is 3.14. The van der Waals surface area contributed by atoms with Gasteiger partial charge in [-0.1, -0.05) is 48.0 Å². The molecule has 20 heavy (non-hydrogen) atoms. The van der Waals surface area contributed by atoms with Crippen LogP contribution in [0.4, 0.5) is 5.69 Å². The lowest BCUT2D eigenvalue weighted by atomic mass is 10.2. The standard InChI is InChI=1S/C17H20N2O/c1-13-8-10-16(11-9-13)19-14(2)17(20)18-12-15-6-4-3-5-7-15/h3-11,14,19H,12H2,1-2H3,(H,18,20)/t14-/m1/s1. The Morgan fingerprint density at radius 1 is 1.05 bits per heavy atom. The number of benzene rings is 2. The molecule has 0 saturated carbocycles. The molecular formula is C17H20N2O. The summed E-state index contributed by atoms with van der Waals surface area (Å²) in [6.45, 7) is 4.46. The van der Waals surface area contributed by atoms with Gasteiger partial charge < -0.3 is 10.6 Å². The van der Waals surface area contributed by atoms with Crippen LogP contribution in [0, 0.1) is 6.92 Å². The van der Waals surface area contributed by atoms with E-state index in [1.165, 1.54) is 5.56 Å². The first-order valence-corrected chi connectivity index (χ1v) is 6.80. The van der Waals surface area contributed by atoms with Gasteiger partial charge in [-0.05, 0) is 31.5 Å². The van der Waals surface area contributed by atoms with Gasteiger partial charge in [-0.2, -0.15) is 0 Å². The molecule has 0 fully saturated rings. The Balaban J connectivity index is 1.84. The molecule has 0 radical (unpaired) electrons. The van der Waals surface area contributed by atoms with E-state index in [1.54, 1.807) is 0 Å². The third kappa shape index (κ3) is 4.12. The van der Waals surface area contributed by atoms with Crippen LogP contribution in [0.2, 0.25) is 0 Å². The van der Waals surface area contributed by atoms with Gasteiger partial charge in [0.2, 0.25) is 5.91 Å². The smallest absolute Gasteiger partial charge is 0.242 e. The lowest BCUT2D eigenvalue weighted by Gasteiger charge is -2.15. The second-order valence-corrected chi connectivity index (χ2v) is 4.94. The van der Waals surface area contributed by atoms with Gasteiger partial charge >= 0.3 is 0 Å². The molecule has 0 bridgehead atoms. The minimum absolute atomic E-state index is 0.00516. The van der Waals surface area contributed by atoms with E-state index in [2.05, 4.69) is 10.6 Å². The maximum Gasteiger partial charge on any atom is 0.242 e. The number of hydrogen-bond acceptors (Lipinski definition) is 2. The Bertz CT molecular complexity index is 549. The average Bonchev–Trinajstić information content (AvgIpc) is 2.48. The van der Waals surface area contributed by atoms with Crippen molar-refractivity contribution in [3.8, 4) is 0 Å². The fourth-order valence-corrected chi connectivity index (χ4v) is 1.90. The summed E-state index contributed by atoms with van der Waals surface area (Å²) in [7, 11) is 0. The fraction of sp³-hybridized carbons (Fsp3) is 0.235. The molecule has 0 spiro atoms. The summed E-state index contributed by atoms with van der Waals surface area (Å²) in [5.74, 6) is -0.00516. The van der Waals surface area contributed by atoms with E-state index >= 15 is 0 Å². The zero-order valence-electron chi connectivity index (χ0n) is 11.9. The molecule has 3 nitrogen and oxygen atoms in total. The highest BCUT2D eigenvalue weighted by molar-refractivity contribution is 5.84. The first-order valence-electron chi connectivity index (χ1n) is 6.80. The van der Waals surface area contributed by atoms with E-state index in [1.807, 2.05) is 68.4 Å². The summed E-state index contributed by atoms with van der Waals surface area (Å²) >= 11 is 0. The van der Waals surface area contributed by atoms with Gasteiger partial charge in [0.25, 0.3) is 0 Å². The number of amides is 1. The average molecular weight is 268 g/mol. The molecule has 1 atom stereocenters. The maximum absolute atomic E-state index is 12.0. The Morgan fingerprint density at radius 3 is 2.35 bits per heavy atom. The first kappa shape index (κ1) is 14.1. The van der Waals surface area contributed by atoms with Gasteiger partial charge in [-0.3, -0.25) is 4.79 Å². The molecule has 0 aliphatic rings. The number of aryl methyl sites for hydroxylation is 1. The van der Waals surface area contributed by atoms with Crippen LogP contribution in [0.25, 0.3) is 0 Å². The molecule has 2 aromatic rings. The number of hydrogen-bond donors (Lipinski definition) is 2. The molecule has 3 heteroatoms. The van der Waals surface area contributed by atoms with E-state index in [9.17, 15) is 4.79 Å². The summed E-state index contributed by atoms with van der Waals surface area (Å²) in [6, 6.07) is 17.6. The predicted molar refractivity (Wildman–Crippen MR) is 82.6 cm³/mol. The van der Waals surface area contributed by atoms with Crippen LogP contribution in [0.3, 0.4) is 0 Å². The summed E-state index contributed by atoms with van der Waals surface area (Å²) in [5.41, 5.74) is 3.26. The SMILES string of the molecule is Cc1ccc(N[C@H](C)C(=O)NCc2ccccc2)cc1. The van der Waals surface area contributed by atoms with E-state index in [0.29, 0.717) is 6.54 Å². The van der Waals surface area contributed by atoms with E-state index in [4.69, 9.17) is 0 Å². The topological polar surface area (TPSA) is 41.1 Å². The van der Waals surface area contributed by atoms with Gasteiger partial charge in [0.05, 0.1) is 0 Å². The van der Waals surface area contributed by atoms with Crippen molar-refractivity contribution >= 4 is 11.6 Å². The summed E-state index contributed by atoms with van der Waals surface area (Å²) in [4.78, 5) is 12.0. The Labute approximate surface area is 120 Å². The molecule has 0 aromatic heterocycles. The van der Waals surface area contributed by atoms with Crippen LogP contribution in [-0.2, 0) is 11.3 Å². The van der Waals surface area contributed by atoms with Crippen molar-refractivity contribution < 1.29 is 4.79 Å². The summed E-state index contributed by atoms with van der Waals surface area (Å²) in [5, 5.41) is 6.12. The highest BCUT2D eigenvalue weighted by Gasteiger charge is 2.11. The Morgan fingerprint density at radius 2 is 1.70 bits per heavy atom. The van der Waals surface area contributed by atoms with Crippen molar-refractivity contribution in [3.63, 3.8) is 0 Å². The van der Waals surface area contributed by atoms with Gasteiger partial charge in [0.15, 0.2) is 0 Å². The summed E-state index contributed by atoms with van der Waals surface area (Å²) < 4.78 is 0. The Kier molecular flexibility index (Phi) is 4.77. The predicted octanol–water partition coefficient (Wildman–Crippen LogP) is 3.11. The number of anilines is 1. The number of carbonyl (C=O) groups is 1. The lowest BCUT2D eigenvalue weighted by molar-refractivity contribution is -0.121. The van der Waals surface area contributed by atoms with Gasteiger partial charge in [-0.15, -0.1) is 0 Å². The zero-order valence-corrected chi connectivity index (χ0v) is 11.9. The summed E-state index contributed by atoms with van der Waals surface area (Å²) in [6.07, 6.45) is 0. The van der Waals surface area contributed by atoms with Crippen molar-refractivity contribution in [1.29, 1.82) is 0 Å². The van der Waals surface area contributed by atoms with Crippen molar-refractivity contribution in [2.24, 2.45) is 0 Å². The fourth-order valence-electron chi connectivity index (χ4n) is 1.90. The molecule has 2 N–H and O–H groups in total. The minimum Gasteiger partial charge on any atom is -0.374 e. The van der Waals surface area contributed by atoms with E-state index < -0.39 is 0 Å². The molecule has 0 aliphatic carbocycles. The largest absolute Gasteiger partial charge is 0.374 e. The first-order chi connectivity index (χ1) is 9.65. The van der Waals surface area contributed by atoms with Crippen molar-refractivity contribution in [2.75, 3.05) is 5.32 Å². The number of nitrogens with one attached hydrogen (secondary N) is 2. The van der Waals surface area contributed by atoms with Crippen molar-refractivity contribution in [3.05, 3.63) is 65.7 Å². The van der Waals surface area contributed by atoms with E-state index in [-0.39, 0.29) is 11.9 Å². The highest BCUT2D eigenvalue weighted by Crippen LogP contribution is 2.10. The van der Waals surface area contributed by atoms with Crippen LogP contribution < -0.4 is 10.6 Å². The van der Waals surface area contributed by atoms with Crippen molar-refractivity contribution in [2.45, 2.75) is 26.4 Å². The quantitative estimate of drug-likeness (QED) is 0.875. The monoisotopic (exact) mass is 268 g/mol. The molecule has 0 heterocycles. The molecule has 0 aliphatic heterocycles. The van der Waals surface area contributed by atoms with Gasteiger partial charge in [-0.25, -0.2) is 0 Å². The number of rotatable bonds is 5. The third-order valence-electron chi connectivity index (χ3n) is 3.14. The second-order valence-electron chi connectivity index (χ2n) is 4.94. The molecular weight excluding hydrogens is 248 g/mol. The van der Waals surface area contributed by atoms with Crippen LogP contribution >= 0.6 is 0 Å². The van der Waals surface area contributed by atoms with Crippen LogP contribution in [0.1, 0.15) is 18.1 Å². The van der Waals surface area contributed by atoms with Gasteiger partial charge in [0.1, 0.15) is 6.04 Å². The highest BCUT2D eigenvalue weighted by atomic mass is 16.2. The second kappa shape index (κ2) is 6.75. The molecule has 0 saturated heterocycles. The Hall–Kier alpha value is -2.29. The van der Waals surface area contributed by atoms with Crippen molar-refractivity contribution in [1.82, 2.24) is 5.32 Å². The zero-order chi connectivity index (χ0) is 14.4. The maximum atomic E-state index is 12.0. The molecule has 104 valence electrons. The minimum atomic E-state index is -0.263. The lowest BCUT2D eigenvalue weighted by Crippen LogP contribution is -2.37. The molecule has 1 amide bonds. The normalized spacial score (nSPS) is 11.7. The molecule has 0 unspecified atom stereocenters. The van der Waals surface area contributed by atoms with Crippen LogP contribution in [-0.4, -0.2) is 11.9 Å². The van der Waals surface area contributed by atoms with Gasteiger partial charge in [0, 0.05) is 12.2 Å². The van der Waals surface area contributed by atoms with E-state index in [0.717, 1.165) is 11.3 Å².